The van der Waals surface area contributed by atoms with Crippen molar-refractivity contribution in [1.82, 2.24) is 0 Å². The number of hydrogen-bond acceptors (Lipinski definition) is 9. The molecule has 2 bridgehead atoms. The van der Waals surface area contributed by atoms with Gasteiger partial charge < -0.3 is 39.7 Å². The first-order valence-corrected chi connectivity index (χ1v) is 13.1. The van der Waals surface area contributed by atoms with Crippen LogP contribution < -0.4 is 4.74 Å². The van der Waals surface area contributed by atoms with Crippen molar-refractivity contribution < 1.29 is 39.7 Å². The predicted octanol–water partition coefficient (Wildman–Crippen LogP) is 2.11. The Morgan fingerprint density at radius 3 is 2.68 bits per heavy atom. The molecule has 37 heavy (non-hydrogen) atoms. The van der Waals surface area contributed by atoms with E-state index in [-0.39, 0.29) is 11.3 Å². The summed E-state index contributed by atoms with van der Waals surface area (Å²) in [5, 5.41) is 59.9. The summed E-state index contributed by atoms with van der Waals surface area (Å²) < 4.78 is 17.2. The molecule has 4 aliphatic rings. The van der Waals surface area contributed by atoms with Crippen LogP contribution in [0.15, 0.2) is 34.9 Å². The summed E-state index contributed by atoms with van der Waals surface area (Å²) in [6.07, 6.45) is 2.21. The van der Waals surface area contributed by atoms with Crippen LogP contribution in [0.1, 0.15) is 62.5 Å². The molecule has 2 fully saturated rings. The molecule has 0 radical (unpaired) electrons. The molecule has 5 rings (SSSR count). The molecule has 0 aromatic heterocycles. The zero-order valence-electron chi connectivity index (χ0n) is 21.0. The monoisotopic (exact) mass is 513 g/mol. The highest BCUT2D eigenvalue weighted by Crippen LogP contribution is 2.53. The summed E-state index contributed by atoms with van der Waals surface area (Å²) in [6.45, 7) is -0.831. The van der Waals surface area contributed by atoms with E-state index in [1.165, 1.54) is 31.3 Å². The number of benzene rings is 1. The molecule has 5 N–H and O–H groups in total. The Balaban J connectivity index is 1.51. The first kappa shape index (κ1) is 26.2. The standard InChI is InChI=1S/C28H35NO8/c1-35-25(23-16-6-4-8-20(23)19-7-3-2-5-15(19)11-16)17-9-10-18(13-29)21(12-17)36-27-24(31)26(32)28(33,34)22(14-30)37-27/h9-10,12,16,20,22,24,26-27,30-34H,2-8,11,14H2,1H3/b25-23+/t16?,20?,22?,24-,26?,27+/m0/s1. The molecule has 1 heterocycles. The molecule has 1 saturated carbocycles. The van der Waals surface area contributed by atoms with Gasteiger partial charge in [-0.25, -0.2) is 0 Å². The highest BCUT2D eigenvalue weighted by atomic mass is 16.7. The zero-order valence-corrected chi connectivity index (χ0v) is 21.0. The summed E-state index contributed by atoms with van der Waals surface area (Å²) in [4.78, 5) is 0. The Hall–Kier alpha value is -2.45. The number of nitrogens with zero attached hydrogens (tertiary/aromatic N) is 1. The smallest absolute Gasteiger partial charge is 0.229 e. The number of aliphatic hydroxyl groups excluding tert-OH is 3. The Kier molecular flexibility index (Phi) is 7.33. The maximum absolute atomic E-state index is 10.4. The number of rotatable bonds is 5. The van der Waals surface area contributed by atoms with Crippen molar-refractivity contribution in [2.24, 2.45) is 11.8 Å². The highest BCUT2D eigenvalue weighted by molar-refractivity contribution is 5.68. The Labute approximate surface area is 216 Å². The molecule has 9 nitrogen and oxygen atoms in total. The molecule has 200 valence electrons. The number of fused-ring (bicyclic) bond motifs is 3. The third-order valence-corrected chi connectivity index (χ3v) is 8.45. The van der Waals surface area contributed by atoms with Crippen molar-refractivity contribution >= 4 is 5.76 Å². The quantitative estimate of drug-likeness (QED) is 0.226. The van der Waals surface area contributed by atoms with Crippen molar-refractivity contribution in [2.75, 3.05) is 13.7 Å². The molecule has 6 atom stereocenters. The van der Waals surface area contributed by atoms with Gasteiger partial charge in [-0.05, 0) is 74.6 Å². The average Bonchev–Trinajstić information content (AvgIpc) is 2.90. The van der Waals surface area contributed by atoms with Crippen molar-refractivity contribution in [2.45, 2.75) is 81.8 Å². The van der Waals surface area contributed by atoms with Crippen LogP contribution in [-0.4, -0.2) is 69.6 Å². The molecule has 0 amide bonds. The molecule has 0 spiro atoms. The molecule has 1 aliphatic heterocycles. The number of nitriles is 1. The lowest BCUT2D eigenvalue weighted by Gasteiger charge is -2.44. The second kappa shape index (κ2) is 10.4. The van der Waals surface area contributed by atoms with Gasteiger partial charge in [0.2, 0.25) is 12.1 Å². The van der Waals surface area contributed by atoms with Gasteiger partial charge in [-0.2, -0.15) is 5.26 Å². The number of hydrogen-bond donors (Lipinski definition) is 5. The predicted molar refractivity (Wildman–Crippen MR) is 132 cm³/mol. The number of allylic oxidation sites excluding steroid dienone is 3. The minimum Gasteiger partial charge on any atom is -0.496 e. The van der Waals surface area contributed by atoms with Crippen molar-refractivity contribution in [1.29, 1.82) is 5.26 Å². The molecule has 3 aliphatic carbocycles. The Morgan fingerprint density at radius 2 is 1.95 bits per heavy atom. The Bertz CT molecular complexity index is 1130. The molecule has 9 heteroatoms. The summed E-state index contributed by atoms with van der Waals surface area (Å²) in [7, 11) is 1.65. The molecule has 4 unspecified atom stereocenters. The first-order valence-electron chi connectivity index (χ1n) is 13.1. The summed E-state index contributed by atoms with van der Waals surface area (Å²) in [5.74, 6) is -1.23. The summed E-state index contributed by atoms with van der Waals surface area (Å²) in [5.41, 5.74) is 5.41. The fourth-order valence-electron chi connectivity index (χ4n) is 6.61. The van der Waals surface area contributed by atoms with Crippen LogP contribution in [0.4, 0.5) is 0 Å². The van der Waals surface area contributed by atoms with E-state index < -0.39 is 37.0 Å². The van der Waals surface area contributed by atoms with E-state index in [0.29, 0.717) is 11.8 Å². The molecular formula is C28H35NO8. The number of aliphatic hydroxyl groups is 5. The van der Waals surface area contributed by atoms with E-state index >= 15 is 0 Å². The van der Waals surface area contributed by atoms with Crippen LogP contribution in [0.3, 0.4) is 0 Å². The van der Waals surface area contributed by atoms with Crippen LogP contribution in [0.25, 0.3) is 5.76 Å². The third-order valence-electron chi connectivity index (χ3n) is 8.45. The third kappa shape index (κ3) is 4.56. The van der Waals surface area contributed by atoms with Gasteiger partial charge in [-0.3, -0.25) is 0 Å². The van der Waals surface area contributed by atoms with E-state index in [1.54, 1.807) is 30.4 Å². The van der Waals surface area contributed by atoms with Crippen LogP contribution in [-0.2, 0) is 9.47 Å². The summed E-state index contributed by atoms with van der Waals surface area (Å²) >= 11 is 0. The molecule has 1 saturated heterocycles. The minimum atomic E-state index is -2.87. The van der Waals surface area contributed by atoms with Crippen molar-refractivity contribution in [3.8, 4) is 11.8 Å². The number of ether oxygens (including phenoxy) is 3. The topological polar surface area (TPSA) is 153 Å². The van der Waals surface area contributed by atoms with Crippen LogP contribution >= 0.6 is 0 Å². The minimum absolute atomic E-state index is 0.0880. The van der Waals surface area contributed by atoms with Gasteiger partial charge in [0.15, 0.2) is 0 Å². The lowest BCUT2D eigenvalue weighted by atomic mass is 9.62. The van der Waals surface area contributed by atoms with E-state index in [1.807, 2.05) is 6.07 Å². The van der Waals surface area contributed by atoms with Crippen LogP contribution in [0, 0.1) is 23.2 Å². The zero-order chi connectivity index (χ0) is 26.3. The lowest BCUT2D eigenvalue weighted by molar-refractivity contribution is -0.375. The van der Waals surface area contributed by atoms with Crippen LogP contribution in [0.5, 0.6) is 5.75 Å². The van der Waals surface area contributed by atoms with Gasteiger partial charge >= 0.3 is 0 Å². The average molecular weight is 514 g/mol. The maximum atomic E-state index is 10.4. The largest absolute Gasteiger partial charge is 0.496 e. The van der Waals surface area contributed by atoms with Crippen molar-refractivity contribution in [3.63, 3.8) is 0 Å². The van der Waals surface area contributed by atoms with Gasteiger partial charge in [0.25, 0.3) is 0 Å². The van der Waals surface area contributed by atoms with E-state index in [9.17, 15) is 30.8 Å². The van der Waals surface area contributed by atoms with Gasteiger partial charge in [0.05, 0.1) is 19.3 Å². The SMILES string of the molecule is CO/C(=C1\C2CCCC1C1=C(CCCC1)C2)c1ccc(C#N)c(O[C@@H]2OC(CO)C(O)(O)C(O)[C@@H]2O)c1. The maximum Gasteiger partial charge on any atom is 0.229 e. The second-order valence-electron chi connectivity index (χ2n) is 10.5. The second-order valence-corrected chi connectivity index (χ2v) is 10.5. The molecular weight excluding hydrogens is 478 g/mol. The van der Waals surface area contributed by atoms with Gasteiger partial charge in [-0.1, -0.05) is 17.6 Å². The first-order chi connectivity index (χ1) is 17.8. The molecule has 1 aromatic rings. The van der Waals surface area contributed by atoms with Gasteiger partial charge in [-0.15, -0.1) is 0 Å². The lowest BCUT2D eigenvalue weighted by Crippen LogP contribution is -2.67. The van der Waals surface area contributed by atoms with Gasteiger partial charge in [0.1, 0.15) is 35.9 Å². The normalized spacial score (nSPS) is 34.3. The summed E-state index contributed by atoms with van der Waals surface area (Å²) in [6, 6.07) is 7.13. The van der Waals surface area contributed by atoms with E-state index in [4.69, 9.17) is 14.2 Å². The van der Waals surface area contributed by atoms with E-state index in [2.05, 4.69) is 6.07 Å². The van der Waals surface area contributed by atoms with Crippen LogP contribution in [0.2, 0.25) is 0 Å². The van der Waals surface area contributed by atoms with E-state index in [0.717, 1.165) is 37.0 Å². The number of methoxy groups -OCH3 is 1. The fraction of sp³-hybridized carbons (Fsp3) is 0.607. The molecule has 1 aromatic carbocycles. The highest BCUT2D eigenvalue weighted by Gasteiger charge is 2.55. The Morgan fingerprint density at radius 1 is 1.16 bits per heavy atom. The fourth-order valence-corrected chi connectivity index (χ4v) is 6.61. The van der Waals surface area contributed by atoms with Crippen molar-refractivity contribution in [3.05, 3.63) is 46.0 Å². The van der Waals surface area contributed by atoms with Gasteiger partial charge in [0, 0.05) is 11.5 Å².